The van der Waals surface area contributed by atoms with Crippen LogP contribution in [0.15, 0.2) is 29.3 Å². The fourth-order valence-electron chi connectivity index (χ4n) is 5.87. The number of rotatable bonds is 7. The fourth-order valence-corrected chi connectivity index (χ4v) is 6.02. The van der Waals surface area contributed by atoms with Crippen LogP contribution in [0.2, 0.25) is 5.02 Å². The maximum Gasteiger partial charge on any atom is 0.263 e. The molecule has 1 aromatic carbocycles. The molecular weight excluding hydrogens is 610 g/mol. The lowest BCUT2D eigenvalue weighted by molar-refractivity contribution is -0.116. The first-order chi connectivity index (χ1) is 21.3. The number of aromatic nitrogens is 4. The summed E-state index contributed by atoms with van der Waals surface area (Å²) in [7, 11) is 1.45. The van der Waals surface area contributed by atoms with Crippen LogP contribution >= 0.6 is 11.6 Å². The van der Waals surface area contributed by atoms with E-state index in [9.17, 15) is 23.9 Å². The van der Waals surface area contributed by atoms with E-state index < -0.39 is 45.9 Å². The summed E-state index contributed by atoms with van der Waals surface area (Å²) in [5, 5.41) is 12.8. The Kier molecular flexibility index (Phi) is 7.73. The number of carbonyl (C=O) groups excluding carboxylic acids is 2. The highest BCUT2D eigenvalue weighted by atomic mass is 35.5. The molecule has 15 heteroatoms. The molecular formula is C30H31ClF2N8O4. The third kappa shape index (κ3) is 5.48. The lowest BCUT2D eigenvalue weighted by Crippen LogP contribution is -2.52. The van der Waals surface area contributed by atoms with E-state index in [1.54, 1.807) is 13.0 Å². The predicted octanol–water partition coefficient (Wildman–Crippen LogP) is 3.15. The average molecular weight is 641 g/mol. The van der Waals surface area contributed by atoms with Crippen molar-refractivity contribution in [2.75, 3.05) is 29.9 Å². The van der Waals surface area contributed by atoms with Gasteiger partial charge in [0.05, 0.1) is 27.9 Å². The largest absolute Gasteiger partial charge is 0.504 e. The number of hydrogen-bond acceptors (Lipinski definition) is 8. The Morgan fingerprint density at radius 2 is 1.91 bits per heavy atom. The molecule has 1 aliphatic carbocycles. The molecule has 1 atom stereocenters. The number of amides is 2. The second kappa shape index (κ2) is 11.4. The van der Waals surface area contributed by atoms with Crippen LogP contribution < -0.4 is 21.5 Å². The van der Waals surface area contributed by atoms with E-state index in [0.29, 0.717) is 23.4 Å². The van der Waals surface area contributed by atoms with Crippen molar-refractivity contribution in [1.82, 2.24) is 24.0 Å². The van der Waals surface area contributed by atoms with Gasteiger partial charge < -0.3 is 25.6 Å². The van der Waals surface area contributed by atoms with Crippen LogP contribution in [0.25, 0.3) is 22.2 Å². The molecule has 0 bridgehead atoms. The molecule has 45 heavy (non-hydrogen) atoms. The van der Waals surface area contributed by atoms with Gasteiger partial charge in [0.2, 0.25) is 11.7 Å². The Bertz CT molecular complexity index is 1940. The van der Waals surface area contributed by atoms with E-state index in [-0.39, 0.29) is 34.2 Å². The van der Waals surface area contributed by atoms with Crippen molar-refractivity contribution in [3.63, 3.8) is 0 Å². The number of piperazine rings is 1. The molecule has 1 aliphatic heterocycles. The summed E-state index contributed by atoms with van der Waals surface area (Å²) in [6.07, 6.45) is 5.21. The molecule has 0 radical (unpaired) electrons. The highest BCUT2D eigenvalue weighted by Gasteiger charge is 2.34. The maximum absolute atomic E-state index is 15.2. The minimum absolute atomic E-state index is 0.0260. The zero-order valence-corrected chi connectivity index (χ0v) is 25.5. The van der Waals surface area contributed by atoms with Crippen LogP contribution in [0, 0.1) is 18.6 Å². The van der Waals surface area contributed by atoms with Gasteiger partial charge in [0, 0.05) is 62.2 Å². The molecule has 2 fully saturated rings. The van der Waals surface area contributed by atoms with Gasteiger partial charge in [-0.2, -0.15) is 4.39 Å². The van der Waals surface area contributed by atoms with E-state index >= 15 is 4.39 Å². The quantitative estimate of drug-likeness (QED) is 0.279. The topological polar surface area (TPSA) is 152 Å². The van der Waals surface area contributed by atoms with Gasteiger partial charge in [-0.25, -0.2) is 14.4 Å². The monoisotopic (exact) mass is 640 g/mol. The van der Waals surface area contributed by atoms with E-state index in [1.807, 2.05) is 0 Å². The normalized spacial score (nSPS) is 17.2. The first kappa shape index (κ1) is 30.5. The number of carbonyl (C=O) groups is 2. The minimum atomic E-state index is -1.71. The summed E-state index contributed by atoms with van der Waals surface area (Å²) in [5.41, 5.74) is 3.69. The van der Waals surface area contributed by atoms with Crippen molar-refractivity contribution in [2.24, 2.45) is 12.8 Å². The minimum Gasteiger partial charge on any atom is -0.504 e. The molecule has 2 amide bonds. The Balaban J connectivity index is 1.33. The smallest absolute Gasteiger partial charge is 0.263 e. The van der Waals surface area contributed by atoms with Crippen molar-refractivity contribution >= 4 is 46.0 Å². The van der Waals surface area contributed by atoms with E-state index in [1.165, 1.54) is 41.4 Å². The summed E-state index contributed by atoms with van der Waals surface area (Å²) >= 11 is 6.41. The fraction of sp³-hybridized carbons (Fsp3) is 0.367. The third-order valence-electron chi connectivity index (χ3n) is 8.50. The number of fused-ring (bicyclic) bond motifs is 1. The van der Waals surface area contributed by atoms with E-state index in [0.717, 1.165) is 25.7 Å². The van der Waals surface area contributed by atoms with Gasteiger partial charge in [-0.15, -0.1) is 0 Å². The Hall–Kier alpha value is -4.56. The number of primary amides is 1. The number of nitrogens with zero attached hydrogens (tertiary/aromatic N) is 6. The van der Waals surface area contributed by atoms with Gasteiger partial charge >= 0.3 is 0 Å². The standard InChI is InChI=1S/C30H31ClF2N8O4/c1-14-11-39(16-4-5-16)6-7-41(14)22-9-21(20(31)10-35-22)37-23(42)13-40-12-19(24-29(40)36-15(2)38(3)30(24)45)17-8-18(28(34)44)27(43)26(33)25(17)32/h8-10,12,14,16,43H,4-7,11,13H2,1-3H3,(H2,34,44)(H,35,37,42)/t14-/m0/s1. The molecule has 12 nitrogen and oxygen atoms in total. The zero-order chi connectivity index (χ0) is 32.3. The summed E-state index contributed by atoms with van der Waals surface area (Å²) in [5.74, 6) is -5.24. The molecule has 0 spiro atoms. The van der Waals surface area contributed by atoms with Gasteiger partial charge in [0.1, 0.15) is 23.8 Å². The van der Waals surface area contributed by atoms with Gasteiger partial charge in [-0.1, -0.05) is 11.6 Å². The number of halogens is 3. The van der Waals surface area contributed by atoms with Crippen LogP contribution in [0.1, 0.15) is 35.9 Å². The second-order valence-electron chi connectivity index (χ2n) is 11.5. The summed E-state index contributed by atoms with van der Waals surface area (Å²) in [4.78, 5) is 52.2. The van der Waals surface area contributed by atoms with Crippen LogP contribution in [0.3, 0.4) is 0 Å². The Morgan fingerprint density at radius 1 is 1.18 bits per heavy atom. The van der Waals surface area contributed by atoms with Crippen molar-refractivity contribution in [3.8, 4) is 16.9 Å². The molecule has 6 rings (SSSR count). The van der Waals surface area contributed by atoms with Crippen LogP contribution in [0.5, 0.6) is 5.75 Å². The molecule has 1 saturated carbocycles. The lowest BCUT2D eigenvalue weighted by Gasteiger charge is -2.40. The summed E-state index contributed by atoms with van der Waals surface area (Å²) in [6.45, 7) is 5.94. The molecule has 4 heterocycles. The van der Waals surface area contributed by atoms with Crippen molar-refractivity contribution in [2.45, 2.75) is 45.3 Å². The van der Waals surface area contributed by atoms with Crippen LogP contribution in [-0.4, -0.2) is 72.6 Å². The number of phenols is 1. The highest BCUT2D eigenvalue weighted by molar-refractivity contribution is 6.33. The lowest BCUT2D eigenvalue weighted by atomic mass is 10.0. The molecule has 4 aromatic rings. The van der Waals surface area contributed by atoms with E-state index in [4.69, 9.17) is 17.3 Å². The SMILES string of the molecule is Cc1nc2c(c(-c3cc(C(N)=O)c(O)c(F)c3F)cn2CC(=O)Nc2cc(N3CCN(C4CC4)C[C@@H]3C)ncc2Cl)c(=O)n1C. The van der Waals surface area contributed by atoms with Crippen LogP contribution in [0.4, 0.5) is 20.3 Å². The number of nitrogens with two attached hydrogens (primary N) is 1. The average Bonchev–Trinajstić information content (AvgIpc) is 3.79. The van der Waals surface area contributed by atoms with Gasteiger partial charge in [0.25, 0.3) is 11.5 Å². The zero-order valence-electron chi connectivity index (χ0n) is 24.8. The van der Waals surface area contributed by atoms with Crippen molar-refractivity contribution in [3.05, 3.63) is 62.9 Å². The van der Waals surface area contributed by atoms with Crippen LogP contribution in [-0.2, 0) is 18.4 Å². The number of aryl methyl sites for hydroxylation is 1. The molecule has 236 valence electrons. The first-order valence-electron chi connectivity index (χ1n) is 14.4. The predicted molar refractivity (Wildman–Crippen MR) is 165 cm³/mol. The number of aromatic hydroxyl groups is 1. The van der Waals surface area contributed by atoms with Crippen molar-refractivity contribution < 1.29 is 23.5 Å². The first-order valence-corrected chi connectivity index (χ1v) is 14.8. The maximum atomic E-state index is 15.2. The number of nitrogens with one attached hydrogen (secondary N) is 1. The van der Waals surface area contributed by atoms with Crippen molar-refractivity contribution in [1.29, 1.82) is 0 Å². The second-order valence-corrected chi connectivity index (χ2v) is 12.0. The Morgan fingerprint density at radius 3 is 2.58 bits per heavy atom. The summed E-state index contributed by atoms with van der Waals surface area (Å²) in [6, 6.07) is 3.44. The summed E-state index contributed by atoms with van der Waals surface area (Å²) < 4.78 is 32.4. The molecule has 3 aromatic heterocycles. The third-order valence-corrected chi connectivity index (χ3v) is 8.80. The number of anilines is 2. The molecule has 1 saturated heterocycles. The Labute approximate surface area is 261 Å². The number of pyridine rings is 1. The number of hydrogen-bond donors (Lipinski definition) is 3. The molecule has 4 N–H and O–H groups in total. The molecule has 0 unspecified atom stereocenters. The highest BCUT2D eigenvalue weighted by Crippen LogP contribution is 2.36. The molecule has 2 aliphatic rings. The van der Waals surface area contributed by atoms with Gasteiger partial charge in [-0.3, -0.25) is 23.9 Å². The number of benzene rings is 1. The van der Waals surface area contributed by atoms with E-state index in [2.05, 4.69) is 32.0 Å². The van der Waals surface area contributed by atoms with Gasteiger partial charge in [0.15, 0.2) is 11.6 Å². The van der Waals surface area contributed by atoms with Gasteiger partial charge in [-0.05, 0) is 32.8 Å².